The van der Waals surface area contributed by atoms with Crippen LogP contribution in [0.2, 0.25) is 0 Å². The van der Waals surface area contributed by atoms with E-state index < -0.39 is 6.03 Å². The summed E-state index contributed by atoms with van der Waals surface area (Å²) in [6, 6.07) is 20.6. The largest absolute Gasteiger partial charge is 0.469 e. The van der Waals surface area contributed by atoms with Gasteiger partial charge in [-0.2, -0.15) is 0 Å². The molecule has 8 nitrogen and oxygen atoms in total. The molecule has 4 rings (SSSR count). The Kier molecular flexibility index (Phi) is 7.21. The fourth-order valence-electron chi connectivity index (χ4n) is 3.21. The number of carbonyl (C=O) groups excluding carboxylic acids is 2. The van der Waals surface area contributed by atoms with Crippen LogP contribution in [-0.2, 0) is 11.3 Å². The summed E-state index contributed by atoms with van der Waals surface area (Å²) in [5.74, 6) is 1.49. The lowest BCUT2D eigenvalue weighted by molar-refractivity contribution is -0.119. The average Bonchev–Trinajstić information content (AvgIpc) is 3.44. The van der Waals surface area contributed by atoms with E-state index in [1.807, 2.05) is 78.2 Å². The summed E-state index contributed by atoms with van der Waals surface area (Å²) in [5, 5.41) is 14.4. The summed E-state index contributed by atoms with van der Waals surface area (Å²) in [5.41, 5.74) is 2.72. The molecule has 0 aliphatic rings. The molecular weight excluding hydrogens is 438 g/mol. The number of nitrogens with one attached hydrogen (secondary N) is 2. The number of aryl methyl sites for hydroxylation is 1. The summed E-state index contributed by atoms with van der Waals surface area (Å²) >= 11 is 1.40. The highest BCUT2D eigenvalue weighted by molar-refractivity contribution is 7.99. The van der Waals surface area contributed by atoms with Gasteiger partial charge < -0.3 is 9.73 Å². The maximum Gasteiger partial charge on any atom is 0.321 e. The number of para-hydroxylation sites is 1. The Hall–Kier alpha value is -3.85. The van der Waals surface area contributed by atoms with E-state index in [0.717, 1.165) is 22.6 Å². The lowest BCUT2D eigenvalue weighted by Crippen LogP contribution is -2.39. The van der Waals surface area contributed by atoms with Gasteiger partial charge in [0.1, 0.15) is 5.76 Å². The summed E-state index contributed by atoms with van der Waals surface area (Å²) < 4.78 is 7.38. The Bertz CT molecular complexity index is 1220. The van der Waals surface area contributed by atoms with Crippen LogP contribution >= 0.6 is 11.8 Å². The highest BCUT2D eigenvalue weighted by atomic mass is 32.2. The third kappa shape index (κ3) is 5.69. The quantitative estimate of drug-likeness (QED) is 0.379. The van der Waals surface area contributed by atoms with Crippen LogP contribution in [0.5, 0.6) is 0 Å². The molecule has 2 N–H and O–H groups in total. The third-order valence-corrected chi connectivity index (χ3v) is 5.79. The summed E-state index contributed by atoms with van der Waals surface area (Å²) in [4.78, 5) is 24.2. The second-order valence-electron chi connectivity index (χ2n) is 7.18. The molecule has 0 aliphatic heterocycles. The van der Waals surface area contributed by atoms with Crippen LogP contribution in [0, 0.1) is 6.92 Å². The van der Waals surface area contributed by atoms with Gasteiger partial charge in [0.15, 0.2) is 11.0 Å². The molecule has 168 valence electrons. The molecule has 0 fully saturated rings. The van der Waals surface area contributed by atoms with Gasteiger partial charge in [-0.05, 0) is 30.7 Å². The van der Waals surface area contributed by atoms with E-state index in [1.165, 1.54) is 11.8 Å². The number of benzene rings is 2. The van der Waals surface area contributed by atoms with Crippen molar-refractivity contribution in [1.82, 2.24) is 25.4 Å². The topological polar surface area (TPSA) is 102 Å². The second-order valence-corrected chi connectivity index (χ2v) is 8.24. The lowest BCUT2D eigenvalue weighted by atomic mass is 10.2. The number of thioether (sulfide) groups is 1. The van der Waals surface area contributed by atoms with Gasteiger partial charge in [0.2, 0.25) is 5.91 Å². The molecule has 2 heterocycles. The van der Waals surface area contributed by atoms with Crippen molar-refractivity contribution in [3.05, 3.63) is 84.3 Å². The first-order valence-corrected chi connectivity index (χ1v) is 11.4. The predicted molar refractivity (Wildman–Crippen MR) is 126 cm³/mol. The SMILES string of the molecule is Cc1occc1-c1nnc(SCCC(=O)NC(=O)NCc2ccccc2)n1-c1ccccc1. The van der Waals surface area contributed by atoms with Gasteiger partial charge in [-0.1, -0.05) is 60.3 Å². The number of hydrogen-bond acceptors (Lipinski definition) is 6. The van der Waals surface area contributed by atoms with Gasteiger partial charge in [-0.15, -0.1) is 10.2 Å². The molecule has 9 heteroatoms. The number of aromatic nitrogens is 3. The minimum Gasteiger partial charge on any atom is -0.469 e. The molecule has 0 saturated carbocycles. The highest BCUT2D eigenvalue weighted by Gasteiger charge is 2.19. The lowest BCUT2D eigenvalue weighted by Gasteiger charge is -2.10. The standard InChI is InChI=1S/C24H23N5O3S/c1-17-20(12-14-32-17)22-27-28-24(29(22)19-10-6-3-7-11-19)33-15-13-21(30)26-23(31)25-16-18-8-4-2-5-9-18/h2-12,14H,13,15-16H2,1H3,(H2,25,26,30,31). The molecule has 0 bridgehead atoms. The van der Waals surface area contributed by atoms with Crippen LogP contribution in [0.25, 0.3) is 17.1 Å². The van der Waals surface area contributed by atoms with E-state index >= 15 is 0 Å². The minimum absolute atomic E-state index is 0.158. The number of hydrogen-bond donors (Lipinski definition) is 2. The molecule has 0 saturated heterocycles. The Morgan fingerprint density at radius 3 is 2.42 bits per heavy atom. The fourth-order valence-corrected chi connectivity index (χ4v) is 4.10. The van der Waals surface area contributed by atoms with Gasteiger partial charge in [0.05, 0.1) is 11.8 Å². The zero-order chi connectivity index (χ0) is 23.0. The Morgan fingerprint density at radius 2 is 1.73 bits per heavy atom. The van der Waals surface area contributed by atoms with Crippen molar-refractivity contribution < 1.29 is 14.0 Å². The monoisotopic (exact) mass is 461 g/mol. The van der Waals surface area contributed by atoms with Crippen LogP contribution in [0.3, 0.4) is 0 Å². The van der Waals surface area contributed by atoms with Crippen molar-refractivity contribution in [3.8, 4) is 17.1 Å². The van der Waals surface area contributed by atoms with E-state index in [4.69, 9.17) is 4.42 Å². The zero-order valence-corrected chi connectivity index (χ0v) is 18.8. The predicted octanol–water partition coefficient (Wildman–Crippen LogP) is 4.34. The Balaban J connectivity index is 1.36. The van der Waals surface area contributed by atoms with Crippen LogP contribution < -0.4 is 10.6 Å². The average molecular weight is 462 g/mol. The first-order chi connectivity index (χ1) is 16.1. The smallest absolute Gasteiger partial charge is 0.321 e. The fraction of sp³-hybridized carbons (Fsp3) is 0.167. The van der Waals surface area contributed by atoms with E-state index in [0.29, 0.717) is 23.3 Å². The molecule has 0 atom stereocenters. The Morgan fingerprint density at radius 1 is 1.00 bits per heavy atom. The second kappa shape index (κ2) is 10.6. The molecular formula is C24H23N5O3S. The molecule has 0 spiro atoms. The molecule has 0 unspecified atom stereocenters. The van der Waals surface area contributed by atoms with Gasteiger partial charge >= 0.3 is 6.03 Å². The summed E-state index contributed by atoms with van der Waals surface area (Å²) in [6.07, 6.45) is 1.78. The van der Waals surface area contributed by atoms with Crippen molar-refractivity contribution in [1.29, 1.82) is 0 Å². The number of carbonyl (C=O) groups is 2. The maximum atomic E-state index is 12.2. The maximum absolute atomic E-state index is 12.2. The van der Waals surface area contributed by atoms with Crippen molar-refractivity contribution >= 4 is 23.7 Å². The number of furan rings is 1. The molecule has 3 amide bonds. The minimum atomic E-state index is -0.515. The Labute approximate surface area is 195 Å². The van der Waals surface area contributed by atoms with E-state index in [9.17, 15) is 9.59 Å². The van der Waals surface area contributed by atoms with Crippen molar-refractivity contribution in [2.75, 3.05) is 5.75 Å². The molecule has 33 heavy (non-hydrogen) atoms. The first-order valence-electron chi connectivity index (χ1n) is 10.4. The third-order valence-electron chi connectivity index (χ3n) is 4.86. The number of amides is 3. The number of imide groups is 1. The van der Waals surface area contributed by atoms with Crippen LogP contribution in [-0.4, -0.2) is 32.5 Å². The van der Waals surface area contributed by atoms with Gasteiger partial charge in [-0.25, -0.2) is 4.79 Å². The summed E-state index contributed by atoms with van der Waals surface area (Å²) in [7, 11) is 0. The van der Waals surface area contributed by atoms with E-state index in [-0.39, 0.29) is 12.3 Å². The van der Waals surface area contributed by atoms with Gasteiger partial charge in [0, 0.05) is 24.4 Å². The number of urea groups is 1. The first kappa shape index (κ1) is 22.3. The normalized spacial score (nSPS) is 10.7. The van der Waals surface area contributed by atoms with Crippen molar-refractivity contribution in [2.45, 2.75) is 25.0 Å². The van der Waals surface area contributed by atoms with Crippen molar-refractivity contribution in [3.63, 3.8) is 0 Å². The highest BCUT2D eigenvalue weighted by Crippen LogP contribution is 2.30. The molecule has 0 aliphatic carbocycles. The summed E-state index contributed by atoms with van der Waals surface area (Å²) in [6.45, 7) is 2.23. The van der Waals surface area contributed by atoms with Gasteiger partial charge in [0.25, 0.3) is 0 Å². The van der Waals surface area contributed by atoms with Crippen molar-refractivity contribution in [2.24, 2.45) is 0 Å². The number of rotatable bonds is 8. The van der Waals surface area contributed by atoms with Crippen LogP contribution in [0.15, 0.2) is 82.6 Å². The molecule has 2 aromatic carbocycles. The van der Waals surface area contributed by atoms with E-state index in [1.54, 1.807) is 6.26 Å². The van der Waals surface area contributed by atoms with E-state index in [2.05, 4.69) is 20.8 Å². The molecule has 0 radical (unpaired) electrons. The molecule has 2 aromatic heterocycles. The van der Waals surface area contributed by atoms with Crippen LogP contribution in [0.1, 0.15) is 17.7 Å². The number of nitrogens with zero attached hydrogens (tertiary/aromatic N) is 3. The molecule has 4 aromatic rings. The zero-order valence-electron chi connectivity index (χ0n) is 18.0. The van der Waals surface area contributed by atoms with Crippen LogP contribution in [0.4, 0.5) is 4.79 Å². The van der Waals surface area contributed by atoms with Gasteiger partial charge in [-0.3, -0.25) is 14.7 Å².